The Hall–Kier alpha value is 0.210. The van der Waals surface area contributed by atoms with E-state index < -0.39 is 0 Å². The maximum atomic E-state index is 5.38. The van der Waals surface area contributed by atoms with Crippen molar-refractivity contribution in [3.8, 4) is 0 Å². The Morgan fingerprint density at radius 2 is 1.33 bits per heavy atom. The minimum Gasteiger partial charge on any atom is -1.00 e. The van der Waals surface area contributed by atoms with Crippen molar-refractivity contribution in [2.24, 2.45) is 0 Å². The molecule has 3 heteroatoms. The standard InChI is InChI=1S/C9H18NO.ClH/c1-2-4-10(5-3-1)6-8-11-9-7-10;/h1-9H2;1H/q+1;/p-1. The molecule has 72 valence electrons. The summed E-state index contributed by atoms with van der Waals surface area (Å²) >= 11 is 0. The van der Waals surface area contributed by atoms with Gasteiger partial charge in [-0.15, -0.1) is 0 Å². The molecule has 2 nitrogen and oxygen atoms in total. The van der Waals surface area contributed by atoms with Gasteiger partial charge >= 0.3 is 0 Å². The van der Waals surface area contributed by atoms with Crippen LogP contribution < -0.4 is 12.4 Å². The third-order valence-electron chi connectivity index (χ3n) is 3.18. The second kappa shape index (κ2) is 4.45. The van der Waals surface area contributed by atoms with Crippen molar-refractivity contribution >= 4 is 0 Å². The van der Waals surface area contributed by atoms with E-state index in [-0.39, 0.29) is 12.4 Å². The summed E-state index contributed by atoms with van der Waals surface area (Å²) in [6, 6.07) is 0. The first kappa shape index (κ1) is 10.3. The Kier molecular flexibility index (Phi) is 3.81. The second-order valence-electron chi connectivity index (χ2n) is 3.91. The molecule has 2 fully saturated rings. The number of morpholine rings is 1. The molecule has 2 heterocycles. The van der Waals surface area contributed by atoms with Crippen LogP contribution in [0.5, 0.6) is 0 Å². The first-order valence-electron chi connectivity index (χ1n) is 4.84. The Morgan fingerprint density at radius 3 is 1.92 bits per heavy atom. The Balaban J connectivity index is 0.000000720. The minimum absolute atomic E-state index is 0. The molecule has 0 aliphatic carbocycles. The van der Waals surface area contributed by atoms with Crippen molar-refractivity contribution in [2.45, 2.75) is 19.3 Å². The number of piperidine rings is 1. The number of hydrogen-bond acceptors (Lipinski definition) is 1. The van der Waals surface area contributed by atoms with Gasteiger partial charge in [-0.2, -0.15) is 0 Å². The van der Waals surface area contributed by atoms with Gasteiger partial charge < -0.3 is 21.6 Å². The number of nitrogens with zero attached hydrogens (tertiary/aromatic N) is 1. The third kappa shape index (κ3) is 2.12. The van der Waals surface area contributed by atoms with Gasteiger partial charge in [-0.1, -0.05) is 0 Å². The summed E-state index contributed by atoms with van der Waals surface area (Å²) in [7, 11) is 0. The van der Waals surface area contributed by atoms with Crippen LogP contribution in [-0.2, 0) is 4.74 Å². The number of quaternary nitrogens is 1. The molecule has 0 N–H and O–H groups in total. The van der Waals surface area contributed by atoms with Crippen LogP contribution in [0.25, 0.3) is 0 Å². The number of ether oxygens (including phenoxy) is 1. The molecule has 0 aromatic heterocycles. The highest BCUT2D eigenvalue weighted by molar-refractivity contribution is 4.56. The predicted molar refractivity (Wildman–Crippen MR) is 44.4 cm³/mol. The number of hydrogen-bond donors (Lipinski definition) is 0. The lowest BCUT2D eigenvalue weighted by atomic mass is 10.1. The van der Waals surface area contributed by atoms with Crippen molar-refractivity contribution in [1.82, 2.24) is 0 Å². The molecular formula is C9H18ClNO. The molecule has 2 rings (SSSR count). The molecule has 12 heavy (non-hydrogen) atoms. The lowest BCUT2D eigenvalue weighted by Gasteiger charge is -2.43. The highest BCUT2D eigenvalue weighted by atomic mass is 35.5. The fourth-order valence-corrected chi connectivity index (χ4v) is 2.36. The topological polar surface area (TPSA) is 9.23 Å². The van der Waals surface area contributed by atoms with E-state index in [0.717, 1.165) is 13.2 Å². The first-order chi connectivity index (χ1) is 5.41. The minimum atomic E-state index is 0. The number of halogens is 1. The first-order valence-corrected chi connectivity index (χ1v) is 4.84. The van der Waals surface area contributed by atoms with Crippen LogP contribution in [0.2, 0.25) is 0 Å². The summed E-state index contributed by atoms with van der Waals surface area (Å²) in [4.78, 5) is 0. The quantitative estimate of drug-likeness (QED) is 0.404. The van der Waals surface area contributed by atoms with Gasteiger partial charge in [-0.05, 0) is 19.3 Å². The zero-order valence-electron chi connectivity index (χ0n) is 7.60. The van der Waals surface area contributed by atoms with Crippen LogP contribution in [0.4, 0.5) is 0 Å². The summed E-state index contributed by atoms with van der Waals surface area (Å²) in [5.74, 6) is 0. The van der Waals surface area contributed by atoms with Crippen LogP contribution in [0.3, 0.4) is 0 Å². The van der Waals surface area contributed by atoms with Crippen LogP contribution in [-0.4, -0.2) is 43.9 Å². The molecular weight excluding hydrogens is 174 g/mol. The van der Waals surface area contributed by atoms with E-state index in [1.165, 1.54) is 49.9 Å². The van der Waals surface area contributed by atoms with Crippen molar-refractivity contribution in [3.05, 3.63) is 0 Å². The molecule has 1 spiro atoms. The van der Waals surface area contributed by atoms with Crippen LogP contribution in [0.15, 0.2) is 0 Å². The SMILES string of the molecule is C1CC[N+]2(CC1)CCOCC2.[Cl-]. The summed E-state index contributed by atoms with van der Waals surface area (Å²) in [6.07, 6.45) is 4.35. The largest absolute Gasteiger partial charge is 1.00 e. The van der Waals surface area contributed by atoms with Gasteiger partial charge in [0.25, 0.3) is 0 Å². The van der Waals surface area contributed by atoms with Crippen molar-refractivity contribution in [3.63, 3.8) is 0 Å². The molecule has 0 unspecified atom stereocenters. The van der Waals surface area contributed by atoms with E-state index in [9.17, 15) is 0 Å². The van der Waals surface area contributed by atoms with Gasteiger partial charge in [0.05, 0.1) is 26.3 Å². The Bertz CT molecular complexity index is 109. The maximum Gasteiger partial charge on any atom is 0.102 e. The molecule has 2 saturated heterocycles. The van der Waals surface area contributed by atoms with Gasteiger partial charge in [0.2, 0.25) is 0 Å². The number of rotatable bonds is 0. The Labute approximate surface area is 80.9 Å². The fraction of sp³-hybridized carbons (Fsp3) is 1.00. The highest BCUT2D eigenvalue weighted by Crippen LogP contribution is 2.20. The van der Waals surface area contributed by atoms with Crippen molar-refractivity contribution in [1.29, 1.82) is 0 Å². The molecule has 0 aromatic carbocycles. The summed E-state index contributed by atoms with van der Waals surface area (Å²) < 4.78 is 6.76. The summed E-state index contributed by atoms with van der Waals surface area (Å²) in [6.45, 7) is 7.40. The van der Waals surface area contributed by atoms with E-state index in [1.54, 1.807) is 0 Å². The lowest BCUT2D eigenvalue weighted by Crippen LogP contribution is -3.00. The zero-order valence-corrected chi connectivity index (χ0v) is 8.35. The highest BCUT2D eigenvalue weighted by Gasteiger charge is 2.31. The van der Waals surface area contributed by atoms with E-state index in [0.29, 0.717) is 0 Å². The molecule has 0 atom stereocenters. The zero-order chi connectivity index (χ0) is 7.57. The molecule has 0 aromatic rings. The average Bonchev–Trinajstić information content (AvgIpc) is 2.07. The fourth-order valence-electron chi connectivity index (χ4n) is 2.36. The molecule has 0 radical (unpaired) electrons. The predicted octanol–water partition coefficient (Wildman–Crippen LogP) is -1.98. The summed E-state index contributed by atoms with van der Waals surface area (Å²) in [5.41, 5.74) is 0. The molecule has 0 bridgehead atoms. The van der Waals surface area contributed by atoms with Crippen LogP contribution in [0, 0.1) is 0 Å². The second-order valence-corrected chi connectivity index (χ2v) is 3.91. The average molecular weight is 192 g/mol. The Morgan fingerprint density at radius 1 is 0.750 bits per heavy atom. The summed E-state index contributed by atoms with van der Waals surface area (Å²) in [5, 5.41) is 0. The third-order valence-corrected chi connectivity index (χ3v) is 3.18. The lowest BCUT2D eigenvalue weighted by molar-refractivity contribution is -0.939. The van der Waals surface area contributed by atoms with Gasteiger partial charge in [0.1, 0.15) is 13.1 Å². The smallest absolute Gasteiger partial charge is 0.102 e. The van der Waals surface area contributed by atoms with E-state index in [4.69, 9.17) is 4.74 Å². The van der Waals surface area contributed by atoms with Crippen molar-refractivity contribution < 1.29 is 21.6 Å². The normalized spacial score (nSPS) is 28.0. The van der Waals surface area contributed by atoms with Gasteiger partial charge in [0.15, 0.2) is 0 Å². The van der Waals surface area contributed by atoms with Gasteiger partial charge in [-0.3, -0.25) is 0 Å². The van der Waals surface area contributed by atoms with Crippen LogP contribution in [0.1, 0.15) is 19.3 Å². The van der Waals surface area contributed by atoms with E-state index in [2.05, 4.69) is 0 Å². The monoisotopic (exact) mass is 191 g/mol. The molecule has 0 amide bonds. The van der Waals surface area contributed by atoms with E-state index >= 15 is 0 Å². The van der Waals surface area contributed by atoms with Gasteiger partial charge in [0, 0.05) is 0 Å². The maximum absolute atomic E-state index is 5.38. The molecule has 0 saturated carbocycles. The van der Waals surface area contributed by atoms with Crippen LogP contribution >= 0.6 is 0 Å². The molecule has 2 aliphatic rings. The molecule has 2 aliphatic heterocycles. The van der Waals surface area contributed by atoms with Gasteiger partial charge in [-0.25, -0.2) is 0 Å². The van der Waals surface area contributed by atoms with Crippen molar-refractivity contribution in [2.75, 3.05) is 39.4 Å². The van der Waals surface area contributed by atoms with E-state index in [1.807, 2.05) is 0 Å².